The van der Waals surface area contributed by atoms with Crippen LogP contribution in [0.4, 0.5) is 10.6 Å². The molecule has 0 bridgehead atoms. The highest BCUT2D eigenvalue weighted by atomic mass is 16.5. The van der Waals surface area contributed by atoms with Crippen molar-refractivity contribution in [1.29, 1.82) is 0 Å². The number of aryl methyl sites for hydroxylation is 1. The Morgan fingerprint density at radius 3 is 3.00 bits per heavy atom. The summed E-state index contributed by atoms with van der Waals surface area (Å²) in [7, 11) is 3.54. The van der Waals surface area contributed by atoms with Crippen molar-refractivity contribution in [3.63, 3.8) is 0 Å². The molecule has 23 heavy (non-hydrogen) atoms. The number of urea groups is 1. The Morgan fingerprint density at radius 1 is 1.43 bits per heavy atom. The predicted octanol–water partition coefficient (Wildman–Crippen LogP) is 2.65. The van der Waals surface area contributed by atoms with E-state index in [0.717, 1.165) is 30.9 Å². The molecule has 1 N–H and O–H groups in total. The van der Waals surface area contributed by atoms with E-state index in [1.165, 1.54) is 19.3 Å². The van der Waals surface area contributed by atoms with Gasteiger partial charge in [0.2, 0.25) is 0 Å². The first-order chi connectivity index (χ1) is 11.1. The van der Waals surface area contributed by atoms with E-state index < -0.39 is 0 Å². The number of hydrogen-bond acceptors (Lipinski definition) is 3. The summed E-state index contributed by atoms with van der Waals surface area (Å²) in [5.74, 6) is 2.04. The van der Waals surface area contributed by atoms with Crippen LogP contribution in [0.5, 0.6) is 0 Å². The normalized spacial score (nSPS) is 27.1. The quantitative estimate of drug-likeness (QED) is 0.928. The van der Waals surface area contributed by atoms with Gasteiger partial charge in [-0.15, -0.1) is 0 Å². The van der Waals surface area contributed by atoms with E-state index >= 15 is 0 Å². The van der Waals surface area contributed by atoms with E-state index in [0.29, 0.717) is 24.5 Å². The Balaban J connectivity index is 1.66. The molecular formula is C17H28N4O2. The molecule has 2 amide bonds. The van der Waals surface area contributed by atoms with Gasteiger partial charge >= 0.3 is 6.03 Å². The summed E-state index contributed by atoms with van der Waals surface area (Å²) in [5.41, 5.74) is 0.940. The van der Waals surface area contributed by atoms with E-state index in [1.54, 1.807) is 11.8 Å². The zero-order valence-electron chi connectivity index (χ0n) is 14.4. The highest BCUT2D eigenvalue weighted by Gasteiger charge is 2.42. The Bertz CT molecular complexity index is 557. The fourth-order valence-corrected chi connectivity index (χ4v) is 4.16. The summed E-state index contributed by atoms with van der Waals surface area (Å²) in [6, 6.07) is 2.38. The zero-order valence-corrected chi connectivity index (χ0v) is 14.4. The molecule has 0 aromatic carbocycles. The smallest absolute Gasteiger partial charge is 0.323 e. The molecule has 1 saturated carbocycles. The maximum atomic E-state index is 12.7. The van der Waals surface area contributed by atoms with Crippen LogP contribution in [0.15, 0.2) is 6.07 Å². The summed E-state index contributed by atoms with van der Waals surface area (Å²) < 4.78 is 6.82. The zero-order chi connectivity index (χ0) is 16.4. The average Bonchev–Trinajstić information content (AvgIpc) is 3.06. The second kappa shape index (κ2) is 6.91. The number of fused-ring (bicyclic) bond motifs is 1. The molecule has 2 heterocycles. The standard InChI is InChI=1S/C17H28N4O2/c1-12-11-21(15-7-5-4-6-14(12)15)17(22)18-16-10-13(8-9-23-3)19-20(16)2/h10,12,14-15H,4-9,11H2,1-3H3,(H,18,22). The van der Waals surface area contributed by atoms with Gasteiger partial charge in [-0.2, -0.15) is 5.10 Å². The van der Waals surface area contributed by atoms with Crippen LogP contribution in [0.1, 0.15) is 38.3 Å². The van der Waals surface area contributed by atoms with Gasteiger partial charge in [-0.3, -0.25) is 10.00 Å². The van der Waals surface area contributed by atoms with Crippen molar-refractivity contribution in [3.8, 4) is 0 Å². The minimum atomic E-state index is 0.0209. The number of nitrogens with one attached hydrogen (secondary N) is 1. The van der Waals surface area contributed by atoms with Gasteiger partial charge in [-0.1, -0.05) is 19.8 Å². The second-order valence-corrected chi connectivity index (χ2v) is 6.96. The molecule has 6 heteroatoms. The maximum Gasteiger partial charge on any atom is 0.323 e. The Morgan fingerprint density at radius 2 is 2.22 bits per heavy atom. The molecule has 0 spiro atoms. The number of nitrogens with zero attached hydrogens (tertiary/aromatic N) is 3. The van der Waals surface area contributed by atoms with Gasteiger partial charge < -0.3 is 9.64 Å². The summed E-state index contributed by atoms with van der Waals surface area (Å²) in [6.07, 6.45) is 5.72. The molecule has 6 nitrogen and oxygen atoms in total. The first kappa shape index (κ1) is 16.3. The number of carbonyl (C=O) groups excluding carboxylic acids is 1. The van der Waals surface area contributed by atoms with E-state index in [2.05, 4.69) is 22.2 Å². The number of aromatic nitrogens is 2. The van der Waals surface area contributed by atoms with Crippen LogP contribution in [-0.4, -0.2) is 47.0 Å². The number of likely N-dealkylation sites (tertiary alicyclic amines) is 1. The number of hydrogen-bond donors (Lipinski definition) is 1. The molecule has 0 radical (unpaired) electrons. The van der Waals surface area contributed by atoms with E-state index in [4.69, 9.17) is 4.74 Å². The van der Waals surface area contributed by atoms with Crippen molar-refractivity contribution >= 4 is 11.8 Å². The summed E-state index contributed by atoms with van der Waals surface area (Å²) in [5, 5.41) is 7.48. The number of rotatable bonds is 4. The number of carbonyl (C=O) groups is 1. The molecule has 1 saturated heterocycles. The second-order valence-electron chi connectivity index (χ2n) is 6.96. The lowest BCUT2D eigenvalue weighted by atomic mass is 9.80. The molecule has 1 aromatic heterocycles. The minimum Gasteiger partial charge on any atom is -0.384 e. The fraction of sp³-hybridized carbons (Fsp3) is 0.765. The summed E-state index contributed by atoms with van der Waals surface area (Å²) in [6.45, 7) is 3.79. The van der Waals surface area contributed by atoms with Gasteiger partial charge in [-0.25, -0.2) is 4.79 Å². The Kier molecular flexibility index (Phi) is 4.90. The molecule has 1 aromatic rings. The molecule has 1 aliphatic heterocycles. The van der Waals surface area contributed by atoms with Crippen molar-refractivity contribution in [2.24, 2.45) is 18.9 Å². The van der Waals surface area contributed by atoms with Crippen molar-refractivity contribution < 1.29 is 9.53 Å². The minimum absolute atomic E-state index is 0.0209. The Labute approximate surface area is 138 Å². The monoisotopic (exact) mass is 320 g/mol. The average molecular weight is 320 g/mol. The van der Waals surface area contributed by atoms with Gasteiger partial charge in [-0.05, 0) is 24.7 Å². The molecule has 3 rings (SSSR count). The van der Waals surface area contributed by atoms with E-state index in [9.17, 15) is 4.79 Å². The van der Waals surface area contributed by atoms with Crippen LogP contribution in [0.3, 0.4) is 0 Å². The highest BCUT2D eigenvalue weighted by Crippen LogP contribution is 2.39. The van der Waals surface area contributed by atoms with E-state index in [1.807, 2.05) is 13.1 Å². The molecular weight excluding hydrogens is 292 g/mol. The molecule has 2 fully saturated rings. The van der Waals surface area contributed by atoms with Gasteiger partial charge in [0.15, 0.2) is 0 Å². The largest absolute Gasteiger partial charge is 0.384 e. The third-order valence-electron chi connectivity index (χ3n) is 5.39. The van der Waals surface area contributed by atoms with Crippen LogP contribution in [0.2, 0.25) is 0 Å². The third kappa shape index (κ3) is 3.37. The lowest BCUT2D eigenvalue weighted by Crippen LogP contribution is -2.41. The third-order valence-corrected chi connectivity index (χ3v) is 5.39. The van der Waals surface area contributed by atoms with Crippen LogP contribution in [-0.2, 0) is 18.2 Å². The predicted molar refractivity (Wildman–Crippen MR) is 89.4 cm³/mol. The van der Waals surface area contributed by atoms with Crippen molar-refractivity contribution in [2.45, 2.75) is 45.1 Å². The topological polar surface area (TPSA) is 59.4 Å². The lowest BCUT2D eigenvalue weighted by molar-refractivity contribution is 0.180. The maximum absolute atomic E-state index is 12.7. The van der Waals surface area contributed by atoms with E-state index in [-0.39, 0.29) is 6.03 Å². The fourth-order valence-electron chi connectivity index (χ4n) is 4.16. The van der Waals surface area contributed by atoms with Crippen molar-refractivity contribution in [3.05, 3.63) is 11.8 Å². The number of amides is 2. The van der Waals surface area contributed by atoms with Gasteiger partial charge in [0, 0.05) is 39.2 Å². The van der Waals surface area contributed by atoms with Crippen LogP contribution in [0.25, 0.3) is 0 Å². The van der Waals surface area contributed by atoms with Crippen LogP contribution in [0, 0.1) is 11.8 Å². The molecule has 2 aliphatic rings. The molecule has 1 aliphatic carbocycles. The SMILES string of the molecule is COCCc1cc(NC(=O)N2CC(C)C3CCCCC32)n(C)n1. The van der Waals surface area contributed by atoms with Gasteiger partial charge in [0.25, 0.3) is 0 Å². The van der Waals surface area contributed by atoms with Gasteiger partial charge in [0.05, 0.1) is 12.3 Å². The summed E-state index contributed by atoms with van der Waals surface area (Å²) >= 11 is 0. The number of ether oxygens (including phenoxy) is 1. The molecule has 3 unspecified atom stereocenters. The Hall–Kier alpha value is -1.56. The first-order valence-corrected chi connectivity index (χ1v) is 8.69. The molecule has 128 valence electrons. The lowest BCUT2D eigenvalue weighted by Gasteiger charge is -2.32. The van der Waals surface area contributed by atoms with Crippen molar-refractivity contribution in [1.82, 2.24) is 14.7 Å². The highest BCUT2D eigenvalue weighted by molar-refractivity contribution is 5.89. The van der Waals surface area contributed by atoms with Gasteiger partial charge in [0.1, 0.15) is 5.82 Å². The number of anilines is 1. The van der Waals surface area contributed by atoms with Crippen LogP contribution < -0.4 is 5.32 Å². The number of methoxy groups -OCH3 is 1. The molecule has 3 atom stereocenters. The van der Waals surface area contributed by atoms with Crippen molar-refractivity contribution in [2.75, 3.05) is 25.6 Å². The summed E-state index contributed by atoms with van der Waals surface area (Å²) in [4.78, 5) is 14.8. The van der Waals surface area contributed by atoms with Crippen LogP contribution >= 0.6 is 0 Å². The first-order valence-electron chi connectivity index (χ1n) is 8.69.